The quantitative estimate of drug-likeness (QED) is 0.620. The lowest BCUT2D eigenvalue weighted by molar-refractivity contribution is 0.640. The number of nitrogens with zero attached hydrogens (tertiary/aromatic N) is 2. The van der Waals surface area contributed by atoms with Crippen LogP contribution in [0.25, 0.3) is 0 Å². The molecule has 0 spiro atoms. The zero-order chi connectivity index (χ0) is 12.9. The van der Waals surface area contributed by atoms with E-state index in [1.807, 2.05) is 24.3 Å². The first-order chi connectivity index (χ1) is 8.59. The zero-order valence-corrected chi connectivity index (χ0v) is 10.7. The van der Waals surface area contributed by atoms with Crippen molar-refractivity contribution >= 4 is 23.1 Å². The average Bonchev–Trinajstić information content (AvgIpc) is 2.41. The van der Waals surface area contributed by atoms with Gasteiger partial charge in [-0.2, -0.15) is 0 Å². The third kappa shape index (κ3) is 1.42. The van der Waals surface area contributed by atoms with Crippen molar-refractivity contribution in [2.24, 2.45) is 14.1 Å². The van der Waals surface area contributed by atoms with Gasteiger partial charge in [-0.3, -0.25) is 13.9 Å². The SMILES string of the molecule is Cn1c2c(c(=O)n(C)c1=O)Nc1ccccc1S2. The lowest BCUT2D eigenvalue weighted by atomic mass is 10.3. The van der Waals surface area contributed by atoms with Gasteiger partial charge < -0.3 is 5.32 Å². The maximum Gasteiger partial charge on any atom is 0.331 e. The first kappa shape index (κ1) is 11.2. The maximum atomic E-state index is 12.1. The summed E-state index contributed by atoms with van der Waals surface area (Å²) in [7, 11) is 3.15. The van der Waals surface area contributed by atoms with Crippen LogP contribution in [0.1, 0.15) is 0 Å². The molecule has 2 aromatic rings. The van der Waals surface area contributed by atoms with Gasteiger partial charge in [-0.1, -0.05) is 23.9 Å². The van der Waals surface area contributed by atoms with Crippen LogP contribution in [-0.2, 0) is 14.1 Å². The minimum atomic E-state index is -0.313. The molecule has 92 valence electrons. The van der Waals surface area contributed by atoms with Crippen LogP contribution < -0.4 is 16.6 Å². The maximum absolute atomic E-state index is 12.1. The Labute approximate surface area is 107 Å². The van der Waals surface area contributed by atoms with E-state index in [4.69, 9.17) is 0 Å². The summed E-state index contributed by atoms with van der Waals surface area (Å²) >= 11 is 1.43. The second-order valence-corrected chi connectivity index (χ2v) is 5.14. The summed E-state index contributed by atoms with van der Waals surface area (Å²) in [5.41, 5.74) is 0.747. The third-order valence-corrected chi connectivity index (χ3v) is 4.21. The van der Waals surface area contributed by atoms with Gasteiger partial charge in [-0.15, -0.1) is 0 Å². The van der Waals surface area contributed by atoms with Crippen molar-refractivity contribution in [1.82, 2.24) is 9.13 Å². The number of aromatic nitrogens is 2. The molecule has 0 atom stereocenters. The summed E-state index contributed by atoms with van der Waals surface area (Å²) in [6.45, 7) is 0. The summed E-state index contributed by atoms with van der Waals surface area (Å²) in [6, 6.07) is 7.70. The Morgan fingerprint density at radius 1 is 1.11 bits per heavy atom. The number of fused-ring (bicyclic) bond motifs is 2. The van der Waals surface area contributed by atoms with Gasteiger partial charge in [0.15, 0.2) is 0 Å². The molecule has 2 heterocycles. The molecule has 0 aliphatic carbocycles. The molecular formula is C12H11N3O2S. The number of rotatable bonds is 0. The van der Waals surface area contributed by atoms with Gasteiger partial charge >= 0.3 is 5.69 Å². The lowest BCUT2D eigenvalue weighted by Gasteiger charge is -2.22. The highest BCUT2D eigenvalue weighted by atomic mass is 32.2. The molecule has 6 heteroatoms. The van der Waals surface area contributed by atoms with Crippen molar-refractivity contribution in [1.29, 1.82) is 0 Å². The van der Waals surface area contributed by atoms with Crippen molar-refractivity contribution in [2.45, 2.75) is 9.92 Å². The third-order valence-electron chi connectivity index (χ3n) is 2.96. The summed E-state index contributed by atoms with van der Waals surface area (Å²) in [4.78, 5) is 24.9. The van der Waals surface area contributed by atoms with Crippen molar-refractivity contribution in [3.05, 3.63) is 45.1 Å². The van der Waals surface area contributed by atoms with Crippen LogP contribution >= 0.6 is 11.8 Å². The van der Waals surface area contributed by atoms with Crippen molar-refractivity contribution in [3.63, 3.8) is 0 Å². The predicted molar refractivity (Wildman–Crippen MR) is 70.8 cm³/mol. The fourth-order valence-corrected chi connectivity index (χ4v) is 2.99. The highest BCUT2D eigenvalue weighted by molar-refractivity contribution is 7.99. The van der Waals surface area contributed by atoms with E-state index >= 15 is 0 Å². The first-order valence-electron chi connectivity index (χ1n) is 5.43. The fraction of sp³-hybridized carbons (Fsp3) is 0.167. The molecule has 0 fully saturated rings. The van der Waals surface area contributed by atoms with E-state index in [0.29, 0.717) is 10.7 Å². The first-order valence-corrected chi connectivity index (χ1v) is 6.25. The van der Waals surface area contributed by atoms with Gasteiger partial charge in [0, 0.05) is 19.0 Å². The fourth-order valence-electron chi connectivity index (χ4n) is 1.95. The second kappa shape index (κ2) is 3.78. The molecule has 1 aliphatic heterocycles. The van der Waals surface area contributed by atoms with Gasteiger partial charge in [0.1, 0.15) is 10.7 Å². The topological polar surface area (TPSA) is 56.0 Å². The van der Waals surface area contributed by atoms with Crippen LogP contribution in [0.5, 0.6) is 0 Å². The molecule has 0 saturated heterocycles. The number of hydrogen-bond acceptors (Lipinski definition) is 4. The largest absolute Gasteiger partial charge is 0.348 e. The summed E-state index contributed by atoms with van der Waals surface area (Å²) < 4.78 is 2.60. The Morgan fingerprint density at radius 2 is 1.83 bits per heavy atom. The molecule has 1 aliphatic rings. The van der Waals surface area contributed by atoms with Crippen molar-refractivity contribution < 1.29 is 0 Å². The molecule has 0 saturated carbocycles. The number of nitrogens with one attached hydrogen (secondary N) is 1. The number of para-hydroxylation sites is 1. The van der Waals surface area contributed by atoms with Gasteiger partial charge in [-0.05, 0) is 12.1 Å². The second-order valence-electron chi connectivity index (χ2n) is 4.11. The molecule has 1 aromatic heterocycles. The number of benzene rings is 1. The number of hydrogen-bond donors (Lipinski definition) is 1. The van der Waals surface area contributed by atoms with E-state index in [-0.39, 0.29) is 11.2 Å². The van der Waals surface area contributed by atoms with E-state index in [1.165, 1.54) is 23.4 Å². The molecule has 0 unspecified atom stereocenters. The van der Waals surface area contributed by atoms with Gasteiger partial charge in [0.05, 0.1) is 5.69 Å². The summed E-state index contributed by atoms with van der Waals surface area (Å²) in [5, 5.41) is 3.76. The van der Waals surface area contributed by atoms with Crippen LogP contribution in [0, 0.1) is 0 Å². The smallest absolute Gasteiger partial charge is 0.331 e. The molecule has 0 radical (unpaired) electrons. The highest BCUT2D eigenvalue weighted by Crippen LogP contribution is 2.41. The average molecular weight is 261 g/mol. The Balaban J connectivity index is 2.32. The molecule has 3 rings (SSSR count). The Kier molecular flexibility index (Phi) is 2.34. The highest BCUT2D eigenvalue weighted by Gasteiger charge is 2.22. The van der Waals surface area contributed by atoms with Crippen LogP contribution in [0.3, 0.4) is 0 Å². The van der Waals surface area contributed by atoms with Crippen LogP contribution in [0.15, 0.2) is 43.8 Å². The summed E-state index contributed by atoms with van der Waals surface area (Å²) in [5.74, 6) is 0. The van der Waals surface area contributed by atoms with Gasteiger partial charge in [0.25, 0.3) is 5.56 Å². The monoisotopic (exact) mass is 261 g/mol. The van der Waals surface area contributed by atoms with E-state index in [0.717, 1.165) is 15.1 Å². The molecule has 5 nitrogen and oxygen atoms in total. The minimum Gasteiger partial charge on any atom is -0.348 e. The van der Waals surface area contributed by atoms with Crippen LogP contribution in [0.4, 0.5) is 11.4 Å². The molecular weight excluding hydrogens is 250 g/mol. The Hall–Kier alpha value is -1.95. The molecule has 0 amide bonds. The van der Waals surface area contributed by atoms with E-state index in [2.05, 4.69) is 5.32 Å². The van der Waals surface area contributed by atoms with Crippen LogP contribution in [-0.4, -0.2) is 9.13 Å². The Bertz CT molecular complexity index is 761. The molecule has 1 N–H and O–H groups in total. The normalized spacial score (nSPS) is 12.6. The molecule has 18 heavy (non-hydrogen) atoms. The Morgan fingerprint density at radius 3 is 2.61 bits per heavy atom. The lowest BCUT2D eigenvalue weighted by Crippen LogP contribution is -2.39. The molecule has 1 aromatic carbocycles. The van der Waals surface area contributed by atoms with Crippen molar-refractivity contribution in [3.8, 4) is 0 Å². The predicted octanol–water partition coefficient (Wildman–Crippen LogP) is 1.29. The standard InChI is InChI=1S/C12H11N3O2S/c1-14-10(16)9-11(15(2)12(14)17)18-8-6-4-3-5-7(8)13-9/h3-6,13H,1-2H3. The van der Waals surface area contributed by atoms with E-state index in [9.17, 15) is 9.59 Å². The zero-order valence-electron chi connectivity index (χ0n) is 9.93. The number of anilines is 2. The van der Waals surface area contributed by atoms with E-state index in [1.54, 1.807) is 7.05 Å². The summed E-state index contributed by atoms with van der Waals surface area (Å²) in [6.07, 6.45) is 0. The van der Waals surface area contributed by atoms with Crippen LogP contribution in [0.2, 0.25) is 0 Å². The van der Waals surface area contributed by atoms with Gasteiger partial charge in [0.2, 0.25) is 0 Å². The van der Waals surface area contributed by atoms with E-state index < -0.39 is 0 Å². The molecule has 0 bridgehead atoms. The minimum absolute atomic E-state index is 0.296. The van der Waals surface area contributed by atoms with Gasteiger partial charge in [-0.25, -0.2) is 4.79 Å². The van der Waals surface area contributed by atoms with Crippen molar-refractivity contribution in [2.75, 3.05) is 5.32 Å².